The Balaban J connectivity index is 2.67. The van der Waals surface area contributed by atoms with Gasteiger partial charge in [0.15, 0.2) is 6.29 Å². The molecule has 1 aromatic heterocycles. The maximum atomic E-state index is 10.8. The minimum Gasteiger partial charge on any atom is -0.352 e. The lowest BCUT2D eigenvalue weighted by Crippen LogP contribution is -1.88. The standard InChI is InChI=1S/C12H13NO/c1-2-5-9-10-6-3-4-7-11(10)13-12(9)8-14/h3-4,6-8,13H,2,5H2,1H3. The number of H-pyrrole nitrogens is 1. The van der Waals surface area contributed by atoms with E-state index in [2.05, 4.69) is 18.0 Å². The zero-order valence-electron chi connectivity index (χ0n) is 8.21. The van der Waals surface area contributed by atoms with Crippen LogP contribution in [0.3, 0.4) is 0 Å². The van der Waals surface area contributed by atoms with Crippen LogP contribution in [0.1, 0.15) is 29.4 Å². The van der Waals surface area contributed by atoms with Crippen molar-refractivity contribution in [3.05, 3.63) is 35.5 Å². The number of aryl methyl sites for hydroxylation is 1. The topological polar surface area (TPSA) is 32.9 Å². The quantitative estimate of drug-likeness (QED) is 0.736. The van der Waals surface area contributed by atoms with Crippen LogP contribution >= 0.6 is 0 Å². The molecule has 0 aliphatic heterocycles. The summed E-state index contributed by atoms with van der Waals surface area (Å²) < 4.78 is 0. The number of aromatic amines is 1. The third-order valence-electron chi connectivity index (χ3n) is 2.46. The second-order valence-corrected chi connectivity index (χ2v) is 3.43. The van der Waals surface area contributed by atoms with Crippen molar-refractivity contribution in [1.82, 2.24) is 4.98 Å². The van der Waals surface area contributed by atoms with Crippen LogP contribution in [0.25, 0.3) is 10.9 Å². The maximum absolute atomic E-state index is 10.8. The molecule has 0 aliphatic rings. The second kappa shape index (κ2) is 3.66. The normalized spacial score (nSPS) is 10.6. The summed E-state index contributed by atoms with van der Waals surface area (Å²) in [5, 5.41) is 1.18. The van der Waals surface area contributed by atoms with Gasteiger partial charge < -0.3 is 4.98 Å². The fourth-order valence-corrected chi connectivity index (χ4v) is 1.84. The molecular formula is C12H13NO. The molecule has 1 aromatic carbocycles. The van der Waals surface area contributed by atoms with E-state index in [1.807, 2.05) is 18.2 Å². The summed E-state index contributed by atoms with van der Waals surface area (Å²) >= 11 is 0. The number of aldehydes is 1. The Labute approximate surface area is 82.9 Å². The summed E-state index contributed by atoms with van der Waals surface area (Å²) in [6, 6.07) is 8.04. The molecule has 0 unspecified atom stereocenters. The first kappa shape index (κ1) is 9.00. The Bertz CT molecular complexity index is 456. The molecule has 2 nitrogen and oxygen atoms in total. The summed E-state index contributed by atoms with van der Waals surface area (Å²) in [6.07, 6.45) is 2.92. The Hall–Kier alpha value is -1.57. The van der Waals surface area contributed by atoms with Crippen LogP contribution in [0.2, 0.25) is 0 Å². The van der Waals surface area contributed by atoms with Crippen LogP contribution in [0.15, 0.2) is 24.3 Å². The Morgan fingerprint density at radius 2 is 2.14 bits per heavy atom. The highest BCUT2D eigenvalue weighted by molar-refractivity contribution is 5.92. The summed E-state index contributed by atoms with van der Waals surface area (Å²) in [6.45, 7) is 2.12. The van der Waals surface area contributed by atoms with E-state index in [0.717, 1.165) is 35.9 Å². The molecule has 2 aromatic rings. The summed E-state index contributed by atoms with van der Waals surface area (Å²) in [5.41, 5.74) is 2.93. The molecule has 0 atom stereocenters. The molecule has 0 bridgehead atoms. The first-order valence-electron chi connectivity index (χ1n) is 4.91. The van der Waals surface area contributed by atoms with Crippen LogP contribution in [-0.2, 0) is 6.42 Å². The molecule has 72 valence electrons. The van der Waals surface area contributed by atoms with Crippen molar-refractivity contribution in [3.8, 4) is 0 Å². The van der Waals surface area contributed by atoms with Gasteiger partial charge in [-0.25, -0.2) is 0 Å². The number of para-hydroxylation sites is 1. The fraction of sp³-hybridized carbons (Fsp3) is 0.250. The molecule has 0 saturated heterocycles. The van der Waals surface area contributed by atoms with Gasteiger partial charge in [-0.1, -0.05) is 31.5 Å². The third kappa shape index (κ3) is 1.33. The largest absolute Gasteiger partial charge is 0.352 e. The van der Waals surface area contributed by atoms with E-state index in [-0.39, 0.29) is 0 Å². The first-order valence-corrected chi connectivity index (χ1v) is 4.91. The molecule has 0 amide bonds. The van der Waals surface area contributed by atoms with Gasteiger partial charge in [-0.15, -0.1) is 0 Å². The highest BCUT2D eigenvalue weighted by Gasteiger charge is 2.08. The van der Waals surface area contributed by atoms with Gasteiger partial charge in [0.05, 0.1) is 5.69 Å². The van der Waals surface area contributed by atoms with Gasteiger partial charge in [-0.05, 0) is 18.1 Å². The van der Waals surface area contributed by atoms with E-state index in [4.69, 9.17) is 0 Å². The molecular weight excluding hydrogens is 174 g/mol. The number of fused-ring (bicyclic) bond motifs is 1. The van der Waals surface area contributed by atoms with Crippen LogP contribution in [-0.4, -0.2) is 11.3 Å². The van der Waals surface area contributed by atoms with Crippen molar-refractivity contribution in [1.29, 1.82) is 0 Å². The van der Waals surface area contributed by atoms with E-state index in [1.165, 1.54) is 5.39 Å². The maximum Gasteiger partial charge on any atom is 0.166 e. The average molecular weight is 187 g/mol. The second-order valence-electron chi connectivity index (χ2n) is 3.43. The van der Waals surface area contributed by atoms with Crippen molar-refractivity contribution in [2.75, 3.05) is 0 Å². The van der Waals surface area contributed by atoms with Gasteiger partial charge in [-0.2, -0.15) is 0 Å². The van der Waals surface area contributed by atoms with Crippen LogP contribution in [0.4, 0.5) is 0 Å². The molecule has 0 saturated carbocycles. The van der Waals surface area contributed by atoms with Crippen LogP contribution < -0.4 is 0 Å². The zero-order chi connectivity index (χ0) is 9.97. The summed E-state index contributed by atoms with van der Waals surface area (Å²) in [5.74, 6) is 0. The van der Waals surface area contributed by atoms with Gasteiger partial charge in [0.25, 0.3) is 0 Å². The van der Waals surface area contributed by atoms with E-state index in [1.54, 1.807) is 0 Å². The van der Waals surface area contributed by atoms with E-state index in [0.29, 0.717) is 0 Å². The van der Waals surface area contributed by atoms with E-state index in [9.17, 15) is 4.79 Å². The minimum atomic E-state index is 0.730. The highest BCUT2D eigenvalue weighted by atomic mass is 16.1. The van der Waals surface area contributed by atoms with Crippen LogP contribution in [0, 0.1) is 0 Å². The Morgan fingerprint density at radius 1 is 1.36 bits per heavy atom. The molecule has 1 N–H and O–H groups in total. The summed E-state index contributed by atoms with van der Waals surface area (Å²) in [7, 11) is 0. The van der Waals surface area contributed by atoms with Crippen molar-refractivity contribution >= 4 is 17.2 Å². The molecule has 0 aliphatic carbocycles. The number of rotatable bonds is 3. The van der Waals surface area contributed by atoms with Gasteiger partial charge in [0.2, 0.25) is 0 Å². The predicted octanol–water partition coefficient (Wildman–Crippen LogP) is 2.93. The number of hydrogen-bond acceptors (Lipinski definition) is 1. The average Bonchev–Trinajstić information content (AvgIpc) is 2.58. The van der Waals surface area contributed by atoms with Crippen molar-refractivity contribution in [3.63, 3.8) is 0 Å². The number of hydrogen-bond donors (Lipinski definition) is 1. The Kier molecular flexibility index (Phi) is 2.35. The highest BCUT2D eigenvalue weighted by Crippen LogP contribution is 2.22. The molecule has 2 heteroatoms. The number of nitrogens with one attached hydrogen (secondary N) is 1. The van der Waals surface area contributed by atoms with Gasteiger partial charge in [0, 0.05) is 10.9 Å². The van der Waals surface area contributed by atoms with E-state index < -0.39 is 0 Å². The van der Waals surface area contributed by atoms with Crippen molar-refractivity contribution in [2.24, 2.45) is 0 Å². The molecule has 0 spiro atoms. The number of carbonyl (C=O) groups is 1. The number of carbonyl (C=O) groups excluding carboxylic acids is 1. The number of benzene rings is 1. The van der Waals surface area contributed by atoms with Gasteiger partial charge in [0.1, 0.15) is 0 Å². The van der Waals surface area contributed by atoms with Crippen molar-refractivity contribution in [2.45, 2.75) is 19.8 Å². The molecule has 1 heterocycles. The predicted molar refractivity (Wildman–Crippen MR) is 57.7 cm³/mol. The van der Waals surface area contributed by atoms with Gasteiger partial charge >= 0.3 is 0 Å². The SMILES string of the molecule is CCCc1c(C=O)[nH]c2ccccc12. The summed E-state index contributed by atoms with van der Waals surface area (Å²) in [4.78, 5) is 14.0. The van der Waals surface area contributed by atoms with E-state index >= 15 is 0 Å². The lowest BCUT2D eigenvalue weighted by Gasteiger charge is -1.96. The molecule has 0 fully saturated rings. The zero-order valence-corrected chi connectivity index (χ0v) is 8.21. The smallest absolute Gasteiger partial charge is 0.166 e. The van der Waals surface area contributed by atoms with Gasteiger partial charge in [-0.3, -0.25) is 4.79 Å². The monoisotopic (exact) mass is 187 g/mol. The van der Waals surface area contributed by atoms with Crippen LogP contribution in [0.5, 0.6) is 0 Å². The third-order valence-corrected chi connectivity index (χ3v) is 2.46. The lowest BCUT2D eigenvalue weighted by atomic mass is 10.1. The van der Waals surface area contributed by atoms with Crippen molar-refractivity contribution < 1.29 is 4.79 Å². The molecule has 0 radical (unpaired) electrons. The first-order chi connectivity index (χ1) is 6.86. The fourth-order valence-electron chi connectivity index (χ4n) is 1.84. The lowest BCUT2D eigenvalue weighted by molar-refractivity contribution is 0.111. The molecule has 2 rings (SSSR count). The number of aromatic nitrogens is 1. The Morgan fingerprint density at radius 3 is 2.86 bits per heavy atom. The minimum absolute atomic E-state index is 0.730. The molecule has 14 heavy (non-hydrogen) atoms.